The highest BCUT2D eigenvalue weighted by atomic mass is 16.3. The third kappa shape index (κ3) is 6.39. The number of amides is 1. The van der Waals surface area contributed by atoms with E-state index in [0.29, 0.717) is 6.42 Å². The molecule has 1 rings (SSSR count). The highest BCUT2D eigenvalue weighted by molar-refractivity contribution is 5.76. The van der Waals surface area contributed by atoms with Gasteiger partial charge in [-0.2, -0.15) is 0 Å². The van der Waals surface area contributed by atoms with Crippen LogP contribution in [0.3, 0.4) is 0 Å². The van der Waals surface area contributed by atoms with Crippen LogP contribution >= 0.6 is 0 Å². The van der Waals surface area contributed by atoms with Gasteiger partial charge in [-0.3, -0.25) is 9.80 Å². The van der Waals surface area contributed by atoms with E-state index < -0.39 is 0 Å². The van der Waals surface area contributed by atoms with Crippen molar-refractivity contribution in [2.45, 2.75) is 71.3 Å². The zero-order chi connectivity index (χ0) is 14.1. The van der Waals surface area contributed by atoms with Crippen LogP contribution in [-0.2, 0) is 4.79 Å². The van der Waals surface area contributed by atoms with Crippen LogP contribution in [0.4, 0.5) is 0 Å². The van der Waals surface area contributed by atoms with Crippen LogP contribution < -0.4 is 0 Å². The molecule has 1 atom stereocenters. The van der Waals surface area contributed by atoms with E-state index in [-0.39, 0.29) is 12.0 Å². The van der Waals surface area contributed by atoms with Crippen molar-refractivity contribution in [3.05, 3.63) is 0 Å². The Labute approximate surface area is 117 Å². The predicted molar refractivity (Wildman–Crippen MR) is 77.6 cm³/mol. The van der Waals surface area contributed by atoms with Crippen molar-refractivity contribution in [2.75, 3.05) is 19.6 Å². The maximum absolute atomic E-state index is 12.0. The summed E-state index contributed by atoms with van der Waals surface area (Å²) in [6, 6.07) is 0. The van der Waals surface area contributed by atoms with Crippen LogP contribution in [0, 0.1) is 0 Å². The molecule has 0 aliphatic carbocycles. The van der Waals surface area contributed by atoms with Crippen LogP contribution in [-0.4, -0.2) is 46.8 Å². The Hall–Kier alpha value is -0.610. The first kappa shape index (κ1) is 16.4. The number of aliphatic hydroxyl groups excluding tert-OH is 1. The Balaban J connectivity index is 2.32. The molecule has 0 bridgehead atoms. The van der Waals surface area contributed by atoms with E-state index in [1.54, 1.807) is 6.92 Å². The topological polar surface area (TPSA) is 43.8 Å². The molecule has 0 saturated carbocycles. The molecule has 1 heterocycles. The van der Waals surface area contributed by atoms with Gasteiger partial charge in [-0.25, -0.2) is 5.01 Å². The maximum atomic E-state index is 12.0. The molecule has 1 aliphatic rings. The van der Waals surface area contributed by atoms with Gasteiger partial charge < -0.3 is 5.11 Å². The fourth-order valence-electron chi connectivity index (χ4n) is 2.52. The van der Waals surface area contributed by atoms with E-state index in [1.165, 1.54) is 25.7 Å². The van der Waals surface area contributed by atoms with Gasteiger partial charge in [-0.15, -0.1) is 0 Å². The van der Waals surface area contributed by atoms with E-state index in [0.717, 1.165) is 38.9 Å². The molecule has 4 heteroatoms. The Morgan fingerprint density at radius 3 is 2.63 bits per heavy atom. The molecule has 1 fully saturated rings. The van der Waals surface area contributed by atoms with Gasteiger partial charge in [-0.1, -0.05) is 32.6 Å². The van der Waals surface area contributed by atoms with E-state index in [2.05, 4.69) is 11.9 Å². The van der Waals surface area contributed by atoms with Gasteiger partial charge in [-0.05, 0) is 26.2 Å². The Morgan fingerprint density at radius 1 is 1.21 bits per heavy atom. The second-order valence-corrected chi connectivity index (χ2v) is 5.63. The number of carbonyl (C=O) groups excluding carboxylic acids is 1. The summed E-state index contributed by atoms with van der Waals surface area (Å²) in [4.78, 5) is 12.0. The average Bonchev–Trinajstić information content (AvgIpc) is 2.38. The molecule has 0 aromatic rings. The largest absolute Gasteiger partial charge is 0.393 e. The molecule has 1 aliphatic heterocycles. The van der Waals surface area contributed by atoms with Gasteiger partial charge in [0.2, 0.25) is 5.91 Å². The lowest BCUT2D eigenvalue weighted by atomic mass is 10.1. The highest BCUT2D eigenvalue weighted by Crippen LogP contribution is 2.15. The van der Waals surface area contributed by atoms with Gasteiger partial charge in [0.15, 0.2) is 0 Å². The third-order valence-electron chi connectivity index (χ3n) is 3.71. The molecule has 1 saturated heterocycles. The molecular formula is C15H30N2O2. The first-order chi connectivity index (χ1) is 9.15. The minimum absolute atomic E-state index is 0.257. The number of nitrogens with zero attached hydrogens (tertiary/aromatic N) is 2. The lowest BCUT2D eigenvalue weighted by Gasteiger charge is -2.39. The van der Waals surface area contributed by atoms with Crippen molar-refractivity contribution in [3.63, 3.8) is 0 Å². The summed E-state index contributed by atoms with van der Waals surface area (Å²) in [5.74, 6) is 0.257. The number of carbonyl (C=O) groups is 1. The normalized spacial score (nSPS) is 18.9. The van der Waals surface area contributed by atoms with Crippen molar-refractivity contribution in [1.29, 1.82) is 0 Å². The van der Waals surface area contributed by atoms with E-state index in [9.17, 15) is 9.90 Å². The lowest BCUT2D eigenvalue weighted by Crippen LogP contribution is -2.51. The number of unbranched alkanes of at least 4 members (excludes halogenated alkanes) is 4. The maximum Gasteiger partial charge on any atom is 0.236 e. The lowest BCUT2D eigenvalue weighted by molar-refractivity contribution is -0.156. The predicted octanol–water partition coefficient (Wildman–Crippen LogP) is 2.57. The Kier molecular flexibility index (Phi) is 8.07. The molecule has 0 spiro atoms. The van der Waals surface area contributed by atoms with E-state index >= 15 is 0 Å². The summed E-state index contributed by atoms with van der Waals surface area (Å²) in [7, 11) is 0. The highest BCUT2D eigenvalue weighted by Gasteiger charge is 2.25. The molecule has 0 aromatic carbocycles. The minimum Gasteiger partial charge on any atom is -0.393 e. The zero-order valence-corrected chi connectivity index (χ0v) is 12.6. The van der Waals surface area contributed by atoms with Gasteiger partial charge in [0, 0.05) is 26.1 Å². The second-order valence-electron chi connectivity index (χ2n) is 5.63. The number of hydrogen-bond donors (Lipinski definition) is 1. The second kappa shape index (κ2) is 9.32. The van der Waals surface area contributed by atoms with E-state index in [4.69, 9.17) is 0 Å². The van der Waals surface area contributed by atoms with E-state index in [1.807, 2.05) is 5.01 Å². The van der Waals surface area contributed by atoms with Crippen LogP contribution in [0.1, 0.15) is 65.2 Å². The van der Waals surface area contributed by atoms with Crippen LogP contribution in [0.15, 0.2) is 0 Å². The number of hydrogen-bond acceptors (Lipinski definition) is 3. The SMILES string of the molecule is CCCCCCCN1C(=O)CCCN1CCC(C)O. The van der Waals surface area contributed by atoms with Crippen molar-refractivity contribution in [3.8, 4) is 0 Å². The van der Waals surface area contributed by atoms with Gasteiger partial charge in [0.05, 0.1) is 6.10 Å². The molecule has 1 unspecified atom stereocenters. The summed E-state index contributed by atoms with van der Waals surface area (Å²) < 4.78 is 0. The van der Waals surface area contributed by atoms with Crippen LogP contribution in [0.5, 0.6) is 0 Å². The van der Waals surface area contributed by atoms with Crippen LogP contribution in [0.25, 0.3) is 0 Å². The fraction of sp³-hybridized carbons (Fsp3) is 0.933. The Bertz CT molecular complexity index is 257. The zero-order valence-electron chi connectivity index (χ0n) is 12.6. The number of hydrazine groups is 1. The van der Waals surface area contributed by atoms with Gasteiger partial charge >= 0.3 is 0 Å². The van der Waals surface area contributed by atoms with Crippen LogP contribution in [0.2, 0.25) is 0 Å². The summed E-state index contributed by atoms with van der Waals surface area (Å²) in [5, 5.41) is 13.4. The molecule has 1 N–H and O–H groups in total. The van der Waals surface area contributed by atoms with Crippen molar-refractivity contribution in [2.24, 2.45) is 0 Å². The standard InChI is InChI=1S/C15H30N2O2/c1-3-4-5-6-7-12-17-15(19)9-8-11-16(17)13-10-14(2)18/h14,18H,3-13H2,1-2H3. The van der Waals surface area contributed by atoms with Gasteiger partial charge in [0.1, 0.15) is 0 Å². The smallest absolute Gasteiger partial charge is 0.236 e. The molecule has 0 aromatic heterocycles. The monoisotopic (exact) mass is 270 g/mol. The summed E-state index contributed by atoms with van der Waals surface area (Å²) in [5.41, 5.74) is 0. The molecule has 112 valence electrons. The summed E-state index contributed by atoms with van der Waals surface area (Å²) in [6.07, 6.45) is 8.20. The molecule has 1 amide bonds. The van der Waals surface area contributed by atoms with Crippen molar-refractivity contribution in [1.82, 2.24) is 10.0 Å². The first-order valence-corrected chi connectivity index (χ1v) is 7.88. The molecule has 0 radical (unpaired) electrons. The van der Waals surface area contributed by atoms with Crippen molar-refractivity contribution < 1.29 is 9.90 Å². The summed E-state index contributed by atoms with van der Waals surface area (Å²) >= 11 is 0. The summed E-state index contributed by atoms with van der Waals surface area (Å²) in [6.45, 7) is 6.61. The number of rotatable bonds is 9. The quantitative estimate of drug-likeness (QED) is 0.655. The number of aliphatic hydroxyl groups is 1. The fourth-order valence-corrected chi connectivity index (χ4v) is 2.52. The van der Waals surface area contributed by atoms with Gasteiger partial charge in [0.25, 0.3) is 0 Å². The van der Waals surface area contributed by atoms with Crippen molar-refractivity contribution >= 4 is 5.91 Å². The molecule has 19 heavy (non-hydrogen) atoms. The Morgan fingerprint density at radius 2 is 1.95 bits per heavy atom. The minimum atomic E-state index is -0.288. The third-order valence-corrected chi connectivity index (χ3v) is 3.71. The molecular weight excluding hydrogens is 240 g/mol. The molecule has 4 nitrogen and oxygen atoms in total. The first-order valence-electron chi connectivity index (χ1n) is 7.88. The average molecular weight is 270 g/mol.